The van der Waals surface area contributed by atoms with Crippen molar-refractivity contribution in [2.24, 2.45) is 5.41 Å². The minimum atomic E-state index is 0.0163. The van der Waals surface area contributed by atoms with Crippen LogP contribution < -0.4 is 0 Å². The Balaban J connectivity index is 2.01. The van der Waals surface area contributed by atoms with Crippen LogP contribution in [0.2, 0.25) is 0 Å². The van der Waals surface area contributed by atoms with Crippen LogP contribution in [0.25, 0.3) is 10.9 Å². The molecule has 0 radical (unpaired) electrons. The van der Waals surface area contributed by atoms with E-state index in [0.29, 0.717) is 0 Å². The molecule has 0 atom stereocenters. The van der Waals surface area contributed by atoms with Gasteiger partial charge < -0.3 is 4.74 Å². The number of hydrogen-bond donors (Lipinski definition) is 1. The fourth-order valence-electron chi connectivity index (χ4n) is 1.76. The van der Waals surface area contributed by atoms with Crippen LogP contribution in [0.15, 0.2) is 22.8 Å². The van der Waals surface area contributed by atoms with Crippen molar-refractivity contribution in [3.05, 3.63) is 28.4 Å². The zero-order chi connectivity index (χ0) is 11.9. The molecule has 3 nitrogen and oxygen atoms in total. The summed E-state index contributed by atoms with van der Waals surface area (Å²) >= 11 is 3.53. The normalized spacial score (nSPS) is 17.3. The van der Waals surface area contributed by atoms with Crippen molar-refractivity contribution < 1.29 is 4.74 Å². The monoisotopic (exact) mass is 290 g/mol. The number of nitrogens with zero attached hydrogens (tertiary/aromatic N) is 1. The lowest BCUT2D eigenvalue weighted by molar-refractivity contribution is -0.0648. The number of aromatic nitrogens is 2. The van der Waals surface area contributed by atoms with Gasteiger partial charge in [-0.15, -0.1) is 0 Å². The molecule has 4 heteroatoms. The van der Waals surface area contributed by atoms with Crippen LogP contribution in [0.5, 0.6) is 0 Å². The van der Waals surface area contributed by atoms with Crippen molar-refractivity contribution in [3.8, 4) is 11.8 Å². The Kier molecular flexibility index (Phi) is 2.46. The lowest BCUT2D eigenvalue weighted by atomic mass is 9.89. The van der Waals surface area contributed by atoms with Crippen molar-refractivity contribution in [1.29, 1.82) is 0 Å². The van der Waals surface area contributed by atoms with Gasteiger partial charge in [-0.3, -0.25) is 5.10 Å². The SMILES string of the molecule is CC1(C#Cc2cc3[nH]ncc3cc2Br)COC1. The van der Waals surface area contributed by atoms with Crippen LogP contribution in [0.4, 0.5) is 0 Å². The van der Waals surface area contributed by atoms with E-state index in [9.17, 15) is 0 Å². The zero-order valence-corrected chi connectivity index (χ0v) is 11.0. The van der Waals surface area contributed by atoms with Gasteiger partial charge in [-0.1, -0.05) is 11.8 Å². The van der Waals surface area contributed by atoms with Crippen molar-refractivity contribution in [3.63, 3.8) is 0 Å². The predicted octanol–water partition coefficient (Wildman–Crippen LogP) is 2.71. The Hall–Kier alpha value is -1.31. The van der Waals surface area contributed by atoms with E-state index in [1.54, 1.807) is 6.20 Å². The van der Waals surface area contributed by atoms with Crippen LogP contribution >= 0.6 is 15.9 Å². The molecule has 0 saturated carbocycles. The molecule has 1 aliphatic heterocycles. The lowest BCUT2D eigenvalue weighted by Crippen LogP contribution is -2.38. The molecule has 1 fully saturated rings. The molecule has 0 aliphatic carbocycles. The third-order valence-electron chi connectivity index (χ3n) is 2.87. The van der Waals surface area contributed by atoms with Gasteiger partial charge in [0.1, 0.15) is 0 Å². The Labute approximate surface area is 108 Å². The maximum atomic E-state index is 5.18. The first-order valence-corrected chi connectivity index (χ1v) is 6.19. The molecule has 1 N–H and O–H groups in total. The van der Waals surface area contributed by atoms with Crippen molar-refractivity contribution >= 4 is 26.8 Å². The predicted molar refractivity (Wildman–Crippen MR) is 69.6 cm³/mol. The molecule has 0 amide bonds. The maximum Gasteiger partial charge on any atom is 0.0756 e. The van der Waals surface area contributed by atoms with Gasteiger partial charge in [0.25, 0.3) is 0 Å². The highest BCUT2D eigenvalue weighted by molar-refractivity contribution is 9.10. The van der Waals surface area contributed by atoms with E-state index in [4.69, 9.17) is 4.74 Å². The molecule has 2 aromatic rings. The summed E-state index contributed by atoms with van der Waals surface area (Å²) in [5.41, 5.74) is 2.00. The molecule has 17 heavy (non-hydrogen) atoms. The van der Waals surface area contributed by atoms with Crippen molar-refractivity contribution in [2.75, 3.05) is 13.2 Å². The lowest BCUT2D eigenvalue weighted by Gasteiger charge is -2.32. The molecule has 0 spiro atoms. The van der Waals surface area contributed by atoms with E-state index in [2.05, 4.69) is 44.9 Å². The average Bonchev–Trinajstić information content (AvgIpc) is 2.70. The van der Waals surface area contributed by atoms with E-state index in [-0.39, 0.29) is 5.41 Å². The van der Waals surface area contributed by atoms with Crippen LogP contribution in [-0.4, -0.2) is 23.4 Å². The summed E-state index contributed by atoms with van der Waals surface area (Å²) in [6.45, 7) is 3.57. The van der Waals surface area contributed by atoms with E-state index >= 15 is 0 Å². The second kappa shape index (κ2) is 3.86. The summed E-state index contributed by atoms with van der Waals surface area (Å²) in [7, 11) is 0. The van der Waals surface area contributed by atoms with Gasteiger partial charge in [-0.05, 0) is 35.0 Å². The third kappa shape index (κ3) is 1.97. The molecule has 1 aliphatic rings. The van der Waals surface area contributed by atoms with Crippen LogP contribution in [0.3, 0.4) is 0 Å². The molecule has 0 unspecified atom stereocenters. The summed E-state index contributed by atoms with van der Waals surface area (Å²) in [6, 6.07) is 4.05. The van der Waals surface area contributed by atoms with Crippen molar-refractivity contribution in [1.82, 2.24) is 10.2 Å². The molecule has 3 rings (SSSR count). The number of halogens is 1. The first kappa shape index (κ1) is 10.8. The fourth-order valence-corrected chi connectivity index (χ4v) is 2.22. The smallest absolute Gasteiger partial charge is 0.0756 e. The standard InChI is InChI=1S/C13H11BrN2O/c1-13(7-17-8-13)3-2-9-5-12-10(4-11(9)14)6-15-16-12/h4-6H,7-8H2,1H3,(H,15,16). The van der Waals surface area contributed by atoms with E-state index < -0.39 is 0 Å². The molecule has 1 aromatic carbocycles. The molecule has 86 valence electrons. The number of nitrogens with one attached hydrogen (secondary N) is 1. The van der Waals surface area contributed by atoms with Gasteiger partial charge in [-0.2, -0.15) is 5.10 Å². The highest BCUT2D eigenvalue weighted by atomic mass is 79.9. The summed E-state index contributed by atoms with van der Waals surface area (Å²) in [4.78, 5) is 0. The molecule has 1 aromatic heterocycles. The summed E-state index contributed by atoms with van der Waals surface area (Å²) < 4.78 is 6.19. The number of fused-ring (bicyclic) bond motifs is 1. The van der Waals surface area contributed by atoms with E-state index in [1.807, 2.05) is 12.1 Å². The largest absolute Gasteiger partial charge is 0.378 e. The molecule has 2 heterocycles. The molecular formula is C13H11BrN2O. The second-order valence-corrected chi connectivity index (χ2v) is 5.45. The van der Waals surface area contributed by atoms with E-state index in [1.165, 1.54) is 0 Å². The minimum Gasteiger partial charge on any atom is -0.378 e. The Morgan fingerprint density at radius 1 is 1.47 bits per heavy atom. The Morgan fingerprint density at radius 2 is 2.29 bits per heavy atom. The van der Waals surface area contributed by atoms with Crippen LogP contribution in [0, 0.1) is 17.3 Å². The summed E-state index contributed by atoms with van der Waals surface area (Å²) in [6.07, 6.45) is 1.80. The summed E-state index contributed by atoms with van der Waals surface area (Å²) in [5, 5.41) is 8.04. The van der Waals surface area contributed by atoms with Gasteiger partial charge in [0.2, 0.25) is 0 Å². The maximum absolute atomic E-state index is 5.18. The summed E-state index contributed by atoms with van der Waals surface area (Å²) in [5.74, 6) is 6.48. The molecular weight excluding hydrogens is 280 g/mol. The number of hydrogen-bond acceptors (Lipinski definition) is 2. The van der Waals surface area contributed by atoms with Gasteiger partial charge >= 0.3 is 0 Å². The Bertz CT molecular complexity index is 632. The first-order chi connectivity index (χ1) is 8.16. The quantitative estimate of drug-likeness (QED) is 0.758. The number of rotatable bonds is 0. The fraction of sp³-hybridized carbons (Fsp3) is 0.308. The van der Waals surface area contributed by atoms with Crippen molar-refractivity contribution in [2.45, 2.75) is 6.92 Å². The number of benzene rings is 1. The Morgan fingerprint density at radius 3 is 3.00 bits per heavy atom. The van der Waals surface area contributed by atoms with Crippen LogP contribution in [0.1, 0.15) is 12.5 Å². The number of aromatic amines is 1. The number of H-pyrrole nitrogens is 1. The average molecular weight is 291 g/mol. The second-order valence-electron chi connectivity index (χ2n) is 4.59. The third-order valence-corrected chi connectivity index (χ3v) is 3.52. The molecule has 1 saturated heterocycles. The van der Waals surface area contributed by atoms with Gasteiger partial charge in [0.15, 0.2) is 0 Å². The van der Waals surface area contributed by atoms with Gasteiger partial charge in [0, 0.05) is 15.4 Å². The topological polar surface area (TPSA) is 37.9 Å². The van der Waals surface area contributed by atoms with Gasteiger partial charge in [-0.25, -0.2) is 0 Å². The zero-order valence-electron chi connectivity index (χ0n) is 9.38. The van der Waals surface area contributed by atoms with Gasteiger partial charge in [0.05, 0.1) is 30.3 Å². The highest BCUT2D eigenvalue weighted by Gasteiger charge is 2.31. The molecule has 0 bridgehead atoms. The minimum absolute atomic E-state index is 0.0163. The first-order valence-electron chi connectivity index (χ1n) is 5.40. The highest BCUT2D eigenvalue weighted by Crippen LogP contribution is 2.27. The van der Waals surface area contributed by atoms with Crippen LogP contribution in [-0.2, 0) is 4.74 Å². The number of ether oxygens (including phenoxy) is 1. The van der Waals surface area contributed by atoms with E-state index in [0.717, 1.165) is 34.2 Å².